The number of nitrogens with zero attached hydrogens (tertiary/aromatic N) is 1. The van der Waals surface area contributed by atoms with Crippen LogP contribution in [0.3, 0.4) is 0 Å². The Morgan fingerprint density at radius 1 is 1.17 bits per heavy atom. The van der Waals surface area contributed by atoms with Crippen LogP contribution >= 0.6 is 0 Å². The number of para-hydroxylation sites is 1. The van der Waals surface area contributed by atoms with Gasteiger partial charge >= 0.3 is 11.9 Å². The molecule has 13 heteroatoms. The molecule has 0 bridgehead atoms. The maximum absolute atomic E-state index is 12.9. The minimum absolute atomic E-state index is 0.0661. The average Bonchev–Trinajstić information content (AvgIpc) is 2.75. The Hall–Kier alpha value is -3.97. The van der Waals surface area contributed by atoms with Crippen molar-refractivity contribution in [3.63, 3.8) is 0 Å². The van der Waals surface area contributed by atoms with Gasteiger partial charge in [0, 0.05) is 6.42 Å². The summed E-state index contributed by atoms with van der Waals surface area (Å²) in [6, 6.07) is 8.89. The molecule has 3 rings (SSSR count). The Morgan fingerprint density at radius 2 is 1.91 bits per heavy atom. The average molecular weight is 506 g/mol. The molecule has 1 aliphatic heterocycles. The smallest absolute Gasteiger partial charge is 0.343 e. The van der Waals surface area contributed by atoms with Crippen molar-refractivity contribution in [3.8, 4) is 11.5 Å². The zero-order valence-corrected chi connectivity index (χ0v) is 19.2. The van der Waals surface area contributed by atoms with Crippen molar-refractivity contribution in [2.45, 2.75) is 19.3 Å². The van der Waals surface area contributed by atoms with Gasteiger partial charge in [0.2, 0.25) is 0 Å². The highest BCUT2D eigenvalue weighted by Crippen LogP contribution is 2.35. The van der Waals surface area contributed by atoms with Crippen molar-refractivity contribution < 1.29 is 41.9 Å². The molecule has 0 spiro atoms. The number of aryl methyl sites for hydroxylation is 1. The van der Waals surface area contributed by atoms with E-state index in [1.165, 1.54) is 24.3 Å². The summed E-state index contributed by atoms with van der Waals surface area (Å²) in [4.78, 5) is 41.2. The lowest BCUT2D eigenvalue weighted by molar-refractivity contribution is -0.140. The van der Waals surface area contributed by atoms with Crippen LogP contribution in [-0.2, 0) is 21.3 Å². The van der Waals surface area contributed by atoms with Gasteiger partial charge in [0.15, 0.2) is 23.2 Å². The van der Waals surface area contributed by atoms with E-state index in [0.717, 1.165) is 0 Å². The normalized spacial score (nSPS) is 14.4. The number of esters is 1. The maximum Gasteiger partial charge on any atom is 0.343 e. The lowest BCUT2D eigenvalue weighted by Gasteiger charge is -2.19. The SMILES string of the molecule is NC(N)=Nc1ccc2c(c1)CCCOc1c(cccc1C(=O)C[C@@H](CS(=O)(=O)O)C(=O)O)OC2=O. The predicted octanol–water partition coefficient (Wildman–Crippen LogP) is 1.30. The number of ketones is 1. The number of carboxylic acids is 1. The van der Waals surface area contributed by atoms with Gasteiger partial charge in [0.25, 0.3) is 10.1 Å². The molecule has 2 aromatic rings. The Balaban J connectivity index is 1.93. The van der Waals surface area contributed by atoms with Gasteiger partial charge in [-0.15, -0.1) is 0 Å². The van der Waals surface area contributed by atoms with Gasteiger partial charge < -0.3 is 26.0 Å². The van der Waals surface area contributed by atoms with Crippen LogP contribution < -0.4 is 20.9 Å². The summed E-state index contributed by atoms with van der Waals surface area (Å²) >= 11 is 0. The molecule has 1 aliphatic rings. The molecule has 35 heavy (non-hydrogen) atoms. The van der Waals surface area contributed by atoms with Crippen LogP contribution in [0.25, 0.3) is 0 Å². The van der Waals surface area contributed by atoms with Crippen molar-refractivity contribution in [2.24, 2.45) is 22.4 Å². The summed E-state index contributed by atoms with van der Waals surface area (Å²) < 4.78 is 42.5. The van der Waals surface area contributed by atoms with E-state index >= 15 is 0 Å². The van der Waals surface area contributed by atoms with E-state index in [9.17, 15) is 27.9 Å². The topological polar surface area (TPSA) is 209 Å². The number of Topliss-reactive ketones (excluding diaryl/α,β-unsaturated/α-hetero) is 1. The van der Waals surface area contributed by atoms with E-state index in [2.05, 4.69) is 4.99 Å². The fourth-order valence-electron chi connectivity index (χ4n) is 3.57. The van der Waals surface area contributed by atoms with Crippen molar-refractivity contribution in [2.75, 3.05) is 12.4 Å². The van der Waals surface area contributed by atoms with Gasteiger partial charge in [-0.05, 0) is 48.7 Å². The summed E-state index contributed by atoms with van der Waals surface area (Å²) in [6.07, 6.45) is 0.118. The first kappa shape index (κ1) is 25.6. The molecule has 0 aromatic heterocycles. The molecule has 0 aliphatic carbocycles. The fraction of sp³-hybridized carbons (Fsp3) is 0.273. The minimum Gasteiger partial charge on any atom is -0.489 e. The van der Waals surface area contributed by atoms with E-state index in [0.29, 0.717) is 24.1 Å². The quantitative estimate of drug-likeness (QED) is 0.105. The molecule has 1 atom stereocenters. The van der Waals surface area contributed by atoms with E-state index < -0.39 is 45.9 Å². The van der Waals surface area contributed by atoms with Crippen LogP contribution in [0.2, 0.25) is 0 Å². The number of hydrogen-bond acceptors (Lipinski definition) is 8. The number of carbonyl (C=O) groups is 3. The molecule has 0 radical (unpaired) electrons. The van der Waals surface area contributed by atoms with Crippen LogP contribution in [-0.4, -0.2) is 54.1 Å². The number of guanidine groups is 1. The Morgan fingerprint density at radius 3 is 2.57 bits per heavy atom. The number of hydrogen-bond donors (Lipinski definition) is 4. The monoisotopic (exact) mass is 505 g/mol. The number of ether oxygens (including phenoxy) is 2. The first-order valence-corrected chi connectivity index (χ1v) is 12.0. The molecular weight excluding hydrogens is 482 g/mol. The zero-order valence-electron chi connectivity index (χ0n) is 18.3. The second-order valence-corrected chi connectivity index (χ2v) is 9.26. The van der Waals surface area contributed by atoms with Crippen LogP contribution in [0.15, 0.2) is 41.4 Å². The third-order valence-electron chi connectivity index (χ3n) is 5.08. The van der Waals surface area contributed by atoms with Crippen molar-refractivity contribution in [1.82, 2.24) is 0 Å². The van der Waals surface area contributed by atoms with Gasteiger partial charge in [0.05, 0.1) is 35.1 Å². The first-order valence-electron chi connectivity index (χ1n) is 10.4. The molecule has 186 valence electrons. The number of carboxylic acid groups (broad SMARTS) is 1. The first-order chi connectivity index (χ1) is 16.4. The zero-order chi connectivity index (χ0) is 25.8. The number of aliphatic imine (C=N–C) groups is 1. The Labute approximate surface area is 200 Å². The number of carbonyl (C=O) groups excluding carboxylic acids is 2. The lowest BCUT2D eigenvalue weighted by atomic mass is 9.98. The van der Waals surface area contributed by atoms with Crippen LogP contribution in [0.1, 0.15) is 39.1 Å². The minimum atomic E-state index is -4.63. The molecule has 0 saturated carbocycles. The van der Waals surface area contributed by atoms with Gasteiger partial charge in [-0.1, -0.05) is 6.07 Å². The number of benzene rings is 2. The van der Waals surface area contributed by atoms with E-state index in [-0.39, 0.29) is 35.2 Å². The molecule has 0 unspecified atom stereocenters. The van der Waals surface area contributed by atoms with Crippen molar-refractivity contribution in [1.29, 1.82) is 0 Å². The van der Waals surface area contributed by atoms with Crippen molar-refractivity contribution in [3.05, 3.63) is 53.1 Å². The fourth-order valence-corrected chi connectivity index (χ4v) is 4.34. The molecule has 12 nitrogen and oxygen atoms in total. The summed E-state index contributed by atoms with van der Waals surface area (Å²) in [5.74, 6) is -6.11. The summed E-state index contributed by atoms with van der Waals surface area (Å²) in [6.45, 7) is 0.119. The van der Waals surface area contributed by atoms with Crippen LogP contribution in [0.4, 0.5) is 5.69 Å². The van der Waals surface area contributed by atoms with Gasteiger partial charge in [-0.3, -0.25) is 14.1 Å². The van der Waals surface area contributed by atoms with Gasteiger partial charge in [-0.2, -0.15) is 8.42 Å². The lowest BCUT2D eigenvalue weighted by Crippen LogP contribution is -2.26. The van der Waals surface area contributed by atoms with E-state index in [4.69, 9.17) is 25.5 Å². The molecular formula is C22H23N3O9S. The highest BCUT2D eigenvalue weighted by Gasteiger charge is 2.29. The highest BCUT2D eigenvalue weighted by atomic mass is 32.2. The third kappa shape index (κ3) is 6.77. The summed E-state index contributed by atoms with van der Waals surface area (Å²) in [7, 11) is -4.63. The Bertz CT molecular complexity index is 1300. The standard InChI is InChI=1S/C22H23N3O9S/c23-22(24)25-14-6-7-15-12(9-14)3-2-8-33-19-16(4-1-5-18(19)34-21(15)29)17(26)10-13(20(27)28)11-35(30,31)32/h1,4-7,9,13H,2-3,8,10-11H2,(H,27,28)(H4,23,24,25)(H,30,31,32)/t13-/m0/s1. The highest BCUT2D eigenvalue weighted by molar-refractivity contribution is 7.85. The largest absolute Gasteiger partial charge is 0.489 e. The van der Waals surface area contributed by atoms with Crippen LogP contribution in [0.5, 0.6) is 11.5 Å². The number of aliphatic carboxylic acids is 1. The molecule has 2 aromatic carbocycles. The second-order valence-electron chi connectivity index (χ2n) is 7.76. The second kappa shape index (κ2) is 10.5. The molecule has 0 fully saturated rings. The van der Waals surface area contributed by atoms with E-state index in [1.807, 2.05) is 0 Å². The van der Waals surface area contributed by atoms with E-state index in [1.54, 1.807) is 12.1 Å². The maximum atomic E-state index is 12.9. The van der Waals surface area contributed by atoms with Crippen LogP contribution in [0, 0.1) is 5.92 Å². The molecule has 0 saturated heterocycles. The third-order valence-corrected chi connectivity index (χ3v) is 5.90. The summed E-state index contributed by atoms with van der Waals surface area (Å²) in [5.41, 5.74) is 12.1. The predicted molar refractivity (Wildman–Crippen MR) is 124 cm³/mol. The molecule has 6 N–H and O–H groups in total. The molecule has 1 heterocycles. The number of nitrogens with two attached hydrogens (primary N) is 2. The summed E-state index contributed by atoms with van der Waals surface area (Å²) in [5, 5.41) is 9.27. The Kier molecular flexibility index (Phi) is 7.71. The number of rotatable bonds is 7. The van der Waals surface area contributed by atoms with Crippen molar-refractivity contribution >= 4 is 39.5 Å². The number of fused-ring (bicyclic) bond motifs is 2. The molecule has 0 amide bonds. The van der Waals surface area contributed by atoms with Gasteiger partial charge in [0.1, 0.15) is 0 Å². The van der Waals surface area contributed by atoms with Gasteiger partial charge in [-0.25, -0.2) is 9.79 Å².